The smallest absolute Gasteiger partial charge is 0.193 e. The van der Waals surface area contributed by atoms with Crippen LogP contribution in [0.4, 0.5) is 0 Å². The highest BCUT2D eigenvalue weighted by atomic mass is 32.1. The molecule has 0 amide bonds. The average Bonchev–Trinajstić information content (AvgIpc) is 2.46. The van der Waals surface area contributed by atoms with Gasteiger partial charge in [-0.3, -0.25) is 4.40 Å². The standard InChI is InChI=1S/C7H5N3S/c8-2-1-6-5-10-3-4-11-7(10)9-6/h3-5H,1H2. The molecule has 11 heavy (non-hydrogen) atoms. The molecule has 0 saturated carbocycles. The van der Waals surface area contributed by atoms with E-state index in [0.717, 1.165) is 10.7 Å². The first-order valence-corrected chi connectivity index (χ1v) is 4.06. The van der Waals surface area contributed by atoms with E-state index in [2.05, 4.69) is 11.1 Å². The first-order valence-electron chi connectivity index (χ1n) is 3.18. The van der Waals surface area contributed by atoms with Gasteiger partial charge in [0, 0.05) is 17.8 Å². The van der Waals surface area contributed by atoms with Gasteiger partial charge in [0.2, 0.25) is 0 Å². The van der Waals surface area contributed by atoms with E-state index >= 15 is 0 Å². The van der Waals surface area contributed by atoms with Crippen LogP contribution < -0.4 is 0 Å². The Labute approximate surface area is 67.5 Å². The molecule has 0 aliphatic heterocycles. The molecule has 2 aromatic rings. The summed E-state index contributed by atoms with van der Waals surface area (Å²) < 4.78 is 1.93. The Kier molecular flexibility index (Phi) is 1.37. The summed E-state index contributed by atoms with van der Waals surface area (Å²) in [5.74, 6) is 0. The third-order valence-electron chi connectivity index (χ3n) is 1.40. The topological polar surface area (TPSA) is 41.1 Å². The molecular weight excluding hydrogens is 158 g/mol. The molecule has 0 spiro atoms. The van der Waals surface area contributed by atoms with Gasteiger partial charge >= 0.3 is 0 Å². The number of hydrogen-bond donors (Lipinski definition) is 0. The van der Waals surface area contributed by atoms with Gasteiger partial charge in [0.15, 0.2) is 4.96 Å². The van der Waals surface area contributed by atoms with Gasteiger partial charge in [-0.2, -0.15) is 5.26 Å². The van der Waals surface area contributed by atoms with Crippen LogP contribution >= 0.6 is 11.3 Å². The first-order chi connectivity index (χ1) is 5.40. The van der Waals surface area contributed by atoms with E-state index < -0.39 is 0 Å². The molecule has 2 aromatic heterocycles. The van der Waals surface area contributed by atoms with Crippen LogP contribution in [0.3, 0.4) is 0 Å². The Morgan fingerprint density at radius 2 is 2.64 bits per heavy atom. The molecule has 0 aliphatic carbocycles. The minimum absolute atomic E-state index is 0.397. The molecule has 0 aromatic carbocycles. The maximum atomic E-state index is 8.39. The highest BCUT2D eigenvalue weighted by Gasteiger charge is 1.99. The van der Waals surface area contributed by atoms with Gasteiger partial charge < -0.3 is 0 Å². The molecule has 4 heteroatoms. The number of nitriles is 1. The maximum Gasteiger partial charge on any atom is 0.193 e. The van der Waals surface area contributed by atoms with Gasteiger partial charge in [-0.15, -0.1) is 11.3 Å². The summed E-state index contributed by atoms with van der Waals surface area (Å²) in [4.78, 5) is 5.18. The summed E-state index contributed by atoms with van der Waals surface area (Å²) in [5.41, 5.74) is 0.847. The van der Waals surface area contributed by atoms with Crippen LogP contribution in [0.15, 0.2) is 17.8 Å². The summed E-state index contributed by atoms with van der Waals surface area (Å²) in [6.07, 6.45) is 4.22. The lowest BCUT2D eigenvalue weighted by Gasteiger charge is -1.77. The lowest BCUT2D eigenvalue weighted by Crippen LogP contribution is -1.77. The fourth-order valence-corrected chi connectivity index (χ4v) is 1.66. The summed E-state index contributed by atoms with van der Waals surface area (Å²) in [7, 11) is 0. The molecule has 0 radical (unpaired) electrons. The van der Waals surface area contributed by atoms with Gasteiger partial charge in [0.05, 0.1) is 18.2 Å². The van der Waals surface area contributed by atoms with Crippen LogP contribution in [0.5, 0.6) is 0 Å². The van der Waals surface area contributed by atoms with Crippen LogP contribution in [0.25, 0.3) is 4.96 Å². The Bertz CT molecular complexity index is 378. The van der Waals surface area contributed by atoms with Crippen molar-refractivity contribution < 1.29 is 0 Å². The third kappa shape index (κ3) is 0.994. The molecule has 0 bridgehead atoms. The van der Waals surface area contributed by atoms with E-state index in [-0.39, 0.29) is 0 Å². The van der Waals surface area contributed by atoms with Crippen molar-refractivity contribution in [3.63, 3.8) is 0 Å². The van der Waals surface area contributed by atoms with Crippen molar-refractivity contribution in [1.29, 1.82) is 5.26 Å². The molecule has 0 N–H and O–H groups in total. The van der Waals surface area contributed by atoms with Crippen molar-refractivity contribution in [3.8, 4) is 6.07 Å². The Balaban J connectivity index is 2.52. The van der Waals surface area contributed by atoms with E-state index in [9.17, 15) is 0 Å². The van der Waals surface area contributed by atoms with Gasteiger partial charge in [-0.1, -0.05) is 0 Å². The summed E-state index contributed by atoms with van der Waals surface area (Å²) in [5, 5.41) is 10.4. The van der Waals surface area contributed by atoms with Crippen LogP contribution in [0.2, 0.25) is 0 Å². The van der Waals surface area contributed by atoms with Gasteiger partial charge in [0.1, 0.15) is 0 Å². The number of thiazole rings is 1. The SMILES string of the molecule is N#CCc1cn2ccsc2n1. The fourth-order valence-electron chi connectivity index (χ4n) is 0.942. The molecular formula is C7H5N3S. The van der Waals surface area contributed by atoms with E-state index in [1.807, 2.05) is 22.2 Å². The van der Waals surface area contributed by atoms with Gasteiger partial charge in [-0.25, -0.2) is 4.98 Å². The van der Waals surface area contributed by atoms with Crippen molar-refractivity contribution in [3.05, 3.63) is 23.5 Å². The zero-order valence-corrected chi connectivity index (χ0v) is 6.51. The number of nitrogens with zero attached hydrogens (tertiary/aromatic N) is 3. The number of hydrogen-bond acceptors (Lipinski definition) is 3. The summed E-state index contributed by atoms with van der Waals surface area (Å²) in [6.45, 7) is 0. The number of fused-ring (bicyclic) bond motifs is 1. The Morgan fingerprint density at radius 3 is 3.36 bits per heavy atom. The van der Waals surface area contributed by atoms with E-state index in [0.29, 0.717) is 6.42 Å². The minimum atomic E-state index is 0.397. The van der Waals surface area contributed by atoms with Crippen LogP contribution in [0.1, 0.15) is 5.69 Å². The highest BCUT2D eigenvalue weighted by molar-refractivity contribution is 7.15. The monoisotopic (exact) mass is 163 g/mol. The van der Waals surface area contributed by atoms with Crippen molar-refractivity contribution in [2.75, 3.05) is 0 Å². The van der Waals surface area contributed by atoms with E-state index in [4.69, 9.17) is 5.26 Å². The van der Waals surface area contributed by atoms with Crippen molar-refractivity contribution >= 4 is 16.3 Å². The fraction of sp³-hybridized carbons (Fsp3) is 0.143. The zero-order chi connectivity index (χ0) is 7.68. The highest BCUT2D eigenvalue weighted by Crippen LogP contribution is 2.10. The molecule has 0 fully saturated rings. The van der Waals surface area contributed by atoms with Crippen LogP contribution in [-0.2, 0) is 6.42 Å². The van der Waals surface area contributed by atoms with E-state index in [1.54, 1.807) is 11.3 Å². The molecule has 0 saturated heterocycles. The van der Waals surface area contributed by atoms with Crippen LogP contribution in [-0.4, -0.2) is 9.38 Å². The predicted octanol–water partition coefficient (Wildman–Crippen LogP) is 1.46. The zero-order valence-electron chi connectivity index (χ0n) is 5.69. The van der Waals surface area contributed by atoms with E-state index in [1.165, 1.54) is 0 Å². The maximum absolute atomic E-state index is 8.39. The quantitative estimate of drug-likeness (QED) is 0.638. The molecule has 2 rings (SSSR count). The van der Waals surface area contributed by atoms with Crippen molar-refractivity contribution in [2.24, 2.45) is 0 Å². The van der Waals surface area contributed by atoms with Crippen molar-refractivity contribution in [1.82, 2.24) is 9.38 Å². The molecule has 0 unspecified atom stereocenters. The third-order valence-corrected chi connectivity index (χ3v) is 2.17. The summed E-state index contributed by atoms with van der Waals surface area (Å²) in [6, 6.07) is 2.06. The lowest BCUT2D eigenvalue weighted by atomic mass is 10.4. The van der Waals surface area contributed by atoms with Crippen LogP contribution in [0, 0.1) is 11.3 Å². The molecule has 3 nitrogen and oxygen atoms in total. The molecule has 54 valence electrons. The van der Waals surface area contributed by atoms with Gasteiger partial charge in [-0.05, 0) is 0 Å². The second-order valence-electron chi connectivity index (χ2n) is 2.16. The molecule has 0 aliphatic rings. The number of rotatable bonds is 1. The Hall–Kier alpha value is -1.34. The van der Waals surface area contributed by atoms with Crippen molar-refractivity contribution in [2.45, 2.75) is 6.42 Å². The lowest BCUT2D eigenvalue weighted by molar-refractivity contribution is 1.16. The predicted molar refractivity (Wildman–Crippen MR) is 42.4 cm³/mol. The average molecular weight is 163 g/mol. The minimum Gasteiger partial charge on any atom is -0.297 e. The normalized spacial score (nSPS) is 10.1. The Morgan fingerprint density at radius 1 is 1.73 bits per heavy atom. The summed E-state index contributed by atoms with van der Waals surface area (Å²) >= 11 is 1.58. The largest absolute Gasteiger partial charge is 0.297 e. The molecule has 0 atom stereocenters. The number of aromatic nitrogens is 2. The number of imidazole rings is 1. The second-order valence-corrected chi connectivity index (χ2v) is 3.03. The molecule has 2 heterocycles. The first kappa shape index (κ1) is 6.38. The second kappa shape index (κ2) is 2.36. The van der Waals surface area contributed by atoms with Gasteiger partial charge in [0.25, 0.3) is 0 Å².